The third-order valence-corrected chi connectivity index (χ3v) is 5.89. The number of para-hydroxylation sites is 1. The maximum absolute atomic E-state index is 11.8. The second-order valence-electron chi connectivity index (χ2n) is 5.65. The molecule has 0 aromatic heterocycles. The number of piperazine rings is 1. The molecule has 1 aromatic rings. The van der Waals surface area contributed by atoms with Crippen LogP contribution in [0.4, 0.5) is 5.69 Å². The number of primary amides is 1. The van der Waals surface area contributed by atoms with Gasteiger partial charge in [0.15, 0.2) is 9.84 Å². The number of hydrogen-bond acceptors (Lipinski definition) is 5. The van der Waals surface area contributed by atoms with Crippen molar-refractivity contribution in [1.82, 2.24) is 4.90 Å². The highest BCUT2D eigenvalue weighted by Gasteiger charge is 2.20. The molecule has 1 aliphatic rings. The minimum absolute atomic E-state index is 0.0619. The first-order valence-electron chi connectivity index (χ1n) is 7.58. The number of halogens is 1. The predicted octanol–water partition coefficient (Wildman–Crippen LogP) is 0.752. The van der Waals surface area contributed by atoms with E-state index in [2.05, 4.69) is 9.80 Å². The van der Waals surface area contributed by atoms with Gasteiger partial charge in [-0.3, -0.25) is 9.69 Å². The number of nitrogens with zero attached hydrogens (tertiary/aromatic N) is 2. The van der Waals surface area contributed by atoms with E-state index in [4.69, 9.17) is 17.3 Å². The van der Waals surface area contributed by atoms with Crippen LogP contribution in [0.5, 0.6) is 0 Å². The third-order valence-electron chi connectivity index (χ3n) is 3.94. The van der Waals surface area contributed by atoms with Crippen LogP contribution in [0.15, 0.2) is 24.3 Å². The fourth-order valence-corrected chi connectivity index (χ4v) is 4.05. The lowest BCUT2D eigenvalue weighted by molar-refractivity contribution is -0.117. The molecule has 1 amide bonds. The van der Waals surface area contributed by atoms with Gasteiger partial charge in [0, 0.05) is 39.1 Å². The summed E-state index contributed by atoms with van der Waals surface area (Å²) in [4.78, 5) is 15.0. The van der Waals surface area contributed by atoms with Crippen molar-refractivity contribution in [2.45, 2.75) is 6.42 Å². The largest absolute Gasteiger partial charge is 0.370 e. The van der Waals surface area contributed by atoms with Gasteiger partial charge < -0.3 is 10.6 Å². The Morgan fingerprint density at radius 2 is 1.78 bits per heavy atom. The highest BCUT2D eigenvalue weighted by atomic mass is 35.5. The normalized spacial score (nSPS) is 16.5. The Kier molecular flexibility index (Phi) is 6.26. The second kappa shape index (κ2) is 7.99. The number of amides is 1. The van der Waals surface area contributed by atoms with E-state index in [9.17, 15) is 13.2 Å². The zero-order chi connectivity index (χ0) is 16.9. The summed E-state index contributed by atoms with van der Waals surface area (Å²) >= 11 is 6.20. The molecule has 1 fully saturated rings. The van der Waals surface area contributed by atoms with E-state index < -0.39 is 15.7 Å². The summed E-state index contributed by atoms with van der Waals surface area (Å²) in [5.41, 5.74) is 6.01. The third kappa shape index (κ3) is 5.67. The first-order chi connectivity index (χ1) is 10.9. The van der Waals surface area contributed by atoms with Gasteiger partial charge in [-0.25, -0.2) is 8.42 Å². The lowest BCUT2D eigenvalue weighted by Gasteiger charge is -2.36. The van der Waals surface area contributed by atoms with Crippen molar-refractivity contribution in [2.24, 2.45) is 5.73 Å². The molecule has 0 spiro atoms. The molecule has 2 rings (SSSR count). The van der Waals surface area contributed by atoms with E-state index in [0.29, 0.717) is 6.54 Å². The summed E-state index contributed by atoms with van der Waals surface area (Å²) in [5.74, 6) is -0.684. The summed E-state index contributed by atoms with van der Waals surface area (Å²) in [6, 6.07) is 7.72. The van der Waals surface area contributed by atoms with Gasteiger partial charge in [-0.05, 0) is 12.1 Å². The van der Waals surface area contributed by atoms with E-state index in [1.807, 2.05) is 24.3 Å². The van der Waals surface area contributed by atoms with Gasteiger partial charge in [-0.15, -0.1) is 0 Å². The molecule has 0 radical (unpaired) electrons. The fraction of sp³-hybridized carbons (Fsp3) is 0.533. The Morgan fingerprint density at radius 1 is 1.13 bits per heavy atom. The van der Waals surface area contributed by atoms with Crippen LogP contribution in [0.25, 0.3) is 0 Å². The smallest absolute Gasteiger partial charge is 0.218 e. The number of nitrogens with two attached hydrogens (primary N) is 1. The average Bonchev–Trinajstić information content (AvgIpc) is 2.52. The van der Waals surface area contributed by atoms with Gasteiger partial charge in [0.25, 0.3) is 0 Å². The van der Waals surface area contributed by atoms with Crippen molar-refractivity contribution in [3.8, 4) is 0 Å². The molecule has 6 nitrogen and oxygen atoms in total. The van der Waals surface area contributed by atoms with Crippen molar-refractivity contribution in [3.63, 3.8) is 0 Å². The number of sulfone groups is 1. The zero-order valence-corrected chi connectivity index (χ0v) is 14.5. The van der Waals surface area contributed by atoms with E-state index in [0.717, 1.165) is 36.9 Å². The van der Waals surface area contributed by atoms with Crippen LogP contribution in [0, 0.1) is 0 Å². The standard InChI is InChI=1S/C15H22ClN3O3S/c16-13-3-1-2-4-14(13)19-8-6-18(7-9-19)10-12-23(21,22)11-5-15(17)20/h1-4H,5-12H2,(H2,17,20). The van der Waals surface area contributed by atoms with Gasteiger partial charge >= 0.3 is 0 Å². The molecule has 1 aromatic carbocycles. The van der Waals surface area contributed by atoms with E-state index >= 15 is 0 Å². The summed E-state index contributed by atoms with van der Waals surface area (Å²) in [6.07, 6.45) is -0.109. The molecule has 128 valence electrons. The van der Waals surface area contributed by atoms with Gasteiger partial charge in [0.05, 0.1) is 22.2 Å². The Bertz CT molecular complexity index is 643. The molecule has 1 heterocycles. The van der Waals surface area contributed by atoms with Gasteiger partial charge in [-0.1, -0.05) is 23.7 Å². The molecule has 0 aliphatic carbocycles. The van der Waals surface area contributed by atoms with Crippen LogP contribution in [0.1, 0.15) is 6.42 Å². The molecule has 8 heteroatoms. The molecule has 0 bridgehead atoms. The van der Waals surface area contributed by atoms with Gasteiger partial charge in [-0.2, -0.15) is 0 Å². The van der Waals surface area contributed by atoms with Gasteiger partial charge in [0.2, 0.25) is 5.91 Å². The Morgan fingerprint density at radius 3 is 2.39 bits per heavy atom. The topological polar surface area (TPSA) is 83.7 Å². The predicted molar refractivity (Wildman–Crippen MR) is 92.6 cm³/mol. The minimum atomic E-state index is -3.23. The molecule has 0 saturated carbocycles. The lowest BCUT2D eigenvalue weighted by atomic mass is 10.2. The second-order valence-corrected chi connectivity index (χ2v) is 8.36. The number of anilines is 1. The first kappa shape index (κ1) is 18.0. The van der Waals surface area contributed by atoms with E-state index in [1.54, 1.807) is 0 Å². The fourth-order valence-electron chi connectivity index (χ4n) is 2.55. The number of benzene rings is 1. The van der Waals surface area contributed by atoms with Crippen LogP contribution < -0.4 is 10.6 Å². The maximum atomic E-state index is 11.8. The quantitative estimate of drug-likeness (QED) is 0.776. The Labute approximate surface area is 142 Å². The molecule has 23 heavy (non-hydrogen) atoms. The molecular weight excluding hydrogens is 338 g/mol. The van der Waals surface area contributed by atoms with Crippen molar-refractivity contribution in [3.05, 3.63) is 29.3 Å². The summed E-state index contributed by atoms with van der Waals surface area (Å²) < 4.78 is 23.7. The SMILES string of the molecule is NC(=O)CCS(=O)(=O)CCN1CCN(c2ccccc2Cl)CC1. The Balaban J connectivity index is 1.79. The van der Waals surface area contributed by atoms with Gasteiger partial charge in [0.1, 0.15) is 0 Å². The van der Waals surface area contributed by atoms with Crippen molar-refractivity contribution in [2.75, 3.05) is 49.1 Å². The molecule has 0 unspecified atom stereocenters. The first-order valence-corrected chi connectivity index (χ1v) is 9.78. The number of hydrogen-bond donors (Lipinski definition) is 1. The molecular formula is C15H22ClN3O3S. The van der Waals surface area contributed by atoms with Crippen molar-refractivity contribution >= 4 is 33.0 Å². The number of rotatable bonds is 7. The molecule has 0 atom stereocenters. The van der Waals surface area contributed by atoms with Crippen molar-refractivity contribution in [1.29, 1.82) is 0 Å². The summed E-state index contributed by atoms with van der Waals surface area (Å²) in [5, 5.41) is 0.731. The summed E-state index contributed by atoms with van der Waals surface area (Å²) in [6.45, 7) is 3.68. The average molecular weight is 360 g/mol. The minimum Gasteiger partial charge on any atom is -0.370 e. The highest BCUT2D eigenvalue weighted by molar-refractivity contribution is 7.91. The monoisotopic (exact) mass is 359 g/mol. The summed E-state index contributed by atoms with van der Waals surface area (Å²) in [7, 11) is -3.23. The van der Waals surface area contributed by atoms with E-state index in [1.165, 1.54) is 0 Å². The number of carbonyl (C=O) groups is 1. The maximum Gasteiger partial charge on any atom is 0.218 e. The molecule has 1 saturated heterocycles. The van der Waals surface area contributed by atoms with Crippen LogP contribution in [-0.4, -0.2) is 63.5 Å². The Hall–Kier alpha value is -1.31. The molecule has 2 N–H and O–H groups in total. The zero-order valence-electron chi connectivity index (χ0n) is 12.9. The lowest BCUT2D eigenvalue weighted by Crippen LogP contribution is -2.47. The van der Waals surface area contributed by atoms with Crippen LogP contribution >= 0.6 is 11.6 Å². The van der Waals surface area contributed by atoms with Crippen molar-refractivity contribution < 1.29 is 13.2 Å². The van der Waals surface area contributed by atoms with Crippen LogP contribution in [0.3, 0.4) is 0 Å². The highest BCUT2D eigenvalue weighted by Crippen LogP contribution is 2.25. The van der Waals surface area contributed by atoms with Crippen LogP contribution in [0.2, 0.25) is 5.02 Å². The van der Waals surface area contributed by atoms with Crippen LogP contribution in [-0.2, 0) is 14.6 Å². The number of carbonyl (C=O) groups excluding carboxylic acids is 1. The van der Waals surface area contributed by atoms with E-state index in [-0.39, 0.29) is 17.9 Å². The molecule has 1 aliphatic heterocycles.